The molecule has 3 rings (SSSR count). The van der Waals surface area contributed by atoms with Gasteiger partial charge in [0, 0.05) is 5.69 Å². The van der Waals surface area contributed by atoms with Gasteiger partial charge in [0.15, 0.2) is 11.5 Å². The number of amides is 1. The topological polar surface area (TPSA) is 71.4 Å². The molecule has 1 aliphatic heterocycles. The van der Waals surface area contributed by atoms with Crippen LogP contribution in [0.4, 0.5) is 5.69 Å². The minimum absolute atomic E-state index is 0.135. The first-order valence-corrected chi connectivity index (χ1v) is 7.72. The second kappa shape index (κ2) is 6.25. The Bertz CT molecular complexity index is 804. The summed E-state index contributed by atoms with van der Waals surface area (Å²) < 4.78 is 11.1. The van der Waals surface area contributed by atoms with Gasteiger partial charge in [-0.2, -0.15) is 5.26 Å². The Labute approximate surface area is 140 Å². The van der Waals surface area contributed by atoms with Crippen molar-refractivity contribution in [3.8, 4) is 17.6 Å². The third kappa shape index (κ3) is 3.04. The van der Waals surface area contributed by atoms with Gasteiger partial charge in [0.1, 0.15) is 13.2 Å². The summed E-state index contributed by atoms with van der Waals surface area (Å²) in [7, 11) is 0. The average molecular weight is 322 g/mol. The SMILES string of the molecule is CC(C)(C(=O)Nc1ccc(C#N)cc1)c1ccc2c(c1)OCCO2. The van der Waals surface area contributed by atoms with Gasteiger partial charge >= 0.3 is 0 Å². The fraction of sp³-hybridized carbons (Fsp3) is 0.263. The van der Waals surface area contributed by atoms with Crippen LogP contribution >= 0.6 is 0 Å². The quantitative estimate of drug-likeness (QED) is 0.941. The smallest absolute Gasteiger partial charge is 0.234 e. The number of carbonyl (C=O) groups excluding carboxylic acids is 1. The molecule has 0 unspecified atom stereocenters. The molecule has 122 valence electrons. The third-order valence-electron chi connectivity index (χ3n) is 4.10. The second-order valence-corrected chi connectivity index (χ2v) is 6.13. The van der Waals surface area contributed by atoms with Crippen molar-refractivity contribution in [3.63, 3.8) is 0 Å². The highest BCUT2D eigenvalue weighted by Crippen LogP contribution is 2.35. The summed E-state index contributed by atoms with van der Waals surface area (Å²) in [5.41, 5.74) is 1.31. The number of benzene rings is 2. The lowest BCUT2D eigenvalue weighted by Crippen LogP contribution is -2.34. The lowest BCUT2D eigenvalue weighted by atomic mass is 9.83. The van der Waals surface area contributed by atoms with Gasteiger partial charge in [0.2, 0.25) is 5.91 Å². The summed E-state index contributed by atoms with van der Waals surface area (Å²) in [6.45, 7) is 4.76. The van der Waals surface area contributed by atoms with Gasteiger partial charge in [-0.3, -0.25) is 4.79 Å². The number of nitriles is 1. The molecule has 0 saturated carbocycles. The summed E-state index contributed by atoms with van der Waals surface area (Å²) in [6, 6.07) is 14.4. The summed E-state index contributed by atoms with van der Waals surface area (Å²) >= 11 is 0. The molecule has 1 heterocycles. The predicted molar refractivity (Wildman–Crippen MR) is 90.2 cm³/mol. The van der Waals surface area contributed by atoms with Crippen LogP contribution in [0.1, 0.15) is 25.0 Å². The molecular weight excluding hydrogens is 304 g/mol. The van der Waals surface area contributed by atoms with E-state index in [9.17, 15) is 4.79 Å². The van der Waals surface area contributed by atoms with E-state index in [-0.39, 0.29) is 5.91 Å². The van der Waals surface area contributed by atoms with E-state index in [1.807, 2.05) is 32.0 Å². The van der Waals surface area contributed by atoms with Gasteiger partial charge in [-0.25, -0.2) is 0 Å². The van der Waals surface area contributed by atoms with Gasteiger partial charge in [-0.1, -0.05) is 6.07 Å². The minimum Gasteiger partial charge on any atom is -0.486 e. The lowest BCUT2D eigenvalue weighted by Gasteiger charge is -2.26. The third-order valence-corrected chi connectivity index (χ3v) is 4.10. The Balaban J connectivity index is 1.81. The van der Waals surface area contributed by atoms with Crippen molar-refractivity contribution in [2.45, 2.75) is 19.3 Å². The van der Waals surface area contributed by atoms with E-state index in [2.05, 4.69) is 11.4 Å². The van der Waals surface area contributed by atoms with E-state index in [0.717, 1.165) is 5.56 Å². The first kappa shape index (κ1) is 15.9. The highest BCUT2D eigenvalue weighted by atomic mass is 16.6. The van der Waals surface area contributed by atoms with Gasteiger partial charge in [-0.05, 0) is 55.8 Å². The van der Waals surface area contributed by atoms with Crippen LogP contribution in [0.25, 0.3) is 0 Å². The summed E-state index contributed by atoms with van der Waals surface area (Å²) in [5.74, 6) is 1.23. The van der Waals surface area contributed by atoms with E-state index in [1.54, 1.807) is 24.3 Å². The van der Waals surface area contributed by atoms with Gasteiger partial charge < -0.3 is 14.8 Å². The van der Waals surface area contributed by atoms with Gasteiger partial charge in [0.25, 0.3) is 0 Å². The van der Waals surface area contributed by atoms with E-state index in [4.69, 9.17) is 14.7 Å². The number of anilines is 1. The predicted octanol–water partition coefficient (Wildman–Crippen LogP) is 3.25. The van der Waals surface area contributed by atoms with Gasteiger partial charge in [0.05, 0.1) is 17.0 Å². The maximum absolute atomic E-state index is 12.7. The number of nitrogens with zero attached hydrogens (tertiary/aromatic N) is 1. The van der Waals surface area contributed by atoms with Crippen molar-refractivity contribution in [3.05, 3.63) is 53.6 Å². The Morgan fingerprint density at radius 2 is 1.75 bits per heavy atom. The van der Waals surface area contributed by atoms with Crippen LogP contribution < -0.4 is 14.8 Å². The molecule has 5 nitrogen and oxygen atoms in total. The maximum Gasteiger partial charge on any atom is 0.234 e. The molecule has 0 aromatic heterocycles. The van der Waals surface area contributed by atoms with Crippen LogP contribution in [-0.4, -0.2) is 19.1 Å². The minimum atomic E-state index is -0.746. The fourth-order valence-electron chi connectivity index (χ4n) is 2.48. The molecule has 0 aliphatic carbocycles. The number of carbonyl (C=O) groups is 1. The molecule has 0 fully saturated rings. The molecule has 0 saturated heterocycles. The molecule has 1 amide bonds. The highest BCUT2D eigenvalue weighted by Gasteiger charge is 2.31. The Morgan fingerprint density at radius 1 is 1.08 bits per heavy atom. The molecule has 0 atom stereocenters. The summed E-state index contributed by atoms with van der Waals surface area (Å²) in [5, 5.41) is 11.7. The van der Waals surface area contributed by atoms with Crippen molar-refractivity contribution in [1.29, 1.82) is 5.26 Å². The van der Waals surface area contributed by atoms with Crippen LogP contribution in [0.2, 0.25) is 0 Å². The van der Waals surface area contributed by atoms with E-state index in [1.165, 1.54) is 0 Å². The van der Waals surface area contributed by atoms with Gasteiger partial charge in [-0.15, -0.1) is 0 Å². The first-order valence-electron chi connectivity index (χ1n) is 7.72. The Kier molecular flexibility index (Phi) is 4.13. The average Bonchev–Trinajstić information content (AvgIpc) is 2.61. The van der Waals surface area contributed by atoms with Crippen LogP contribution in [0, 0.1) is 11.3 Å². The first-order chi connectivity index (χ1) is 11.5. The van der Waals surface area contributed by atoms with Crippen molar-refractivity contribution < 1.29 is 14.3 Å². The van der Waals surface area contributed by atoms with E-state index >= 15 is 0 Å². The standard InChI is InChI=1S/C19H18N2O3/c1-19(2,14-5-8-16-17(11-14)24-10-9-23-16)18(22)21-15-6-3-13(12-20)4-7-15/h3-8,11H,9-10H2,1-2H3,(H,21,22). The monoisotopic (exact) mass is 322 g/mol. The molecule has 5 heteroatoms. The number of nitrogens with one attached hydrogen (secondary N) is 1. The van der Waals surface area contributed by atoms with Crippen LogP contribution in [0.5, 0.6) is 11.5 Å². The molecule has 0 bridgehead atoms. The van der Waals surface area contributed by atoms with Crippen molar-refractivity contribution in [2.24, 2.45) is 0 Å². The second-order valence-electron chi connectivity index (χ2n) is 6.13. The van der Waals surface area contributed by atoms with Crippen LogP contribution in [0.15, 0.2) is 42.5 Å². The van der Waals surface area contributed by atoms with Crippen molar-refractivity contribution in [2.75, 3.05) is 18.5 Å². The fourth-order valence-corrected chi connectivity index (χ4v) is 2.48. The Hall–Kier alpha value is -3.00. The number of hydrogen-bond acceptors (Lipinski definition) is 4. The Morgan fingerprint density at radius 3 is 2.42 bits per heavy atom. The number of fused-ring (bicyclic) bond motifs is 1. The zero-order valence-electron chi connectivity index (χ0n) is 13.6. The molecule has 0 radical (unpaired) electrons. The molecule has 24 heavy (non-hydrogen) atoms. The van der Waals surface area contributed by atoms with E-state index in [0.29, 0.717) is 36.0 Å². The summed E-state index contributed by atoms with van der Waals surface area (Å²) in [4.78, 5) is 12.7. The normalized spacial score (nSPS) is 13.0. The number of hydrogen-bond donors (Lipinski definition) is 1. The number of ether oxygens (including phenoxy) is 2. The zero-order chi connectivity index (χ0) is 17.2. The molecule has 2 aromatic rings. The summed E-state index contributed by atoms with van der Waals surface area (Å²) in [6.07, 6.45) is 0. The largest absolute Gasteiger partial charge is 0.486 e. The van der Waals surface area contributed by atoms with Crippen molar-refractivity contribution >= 4 is 11.6 Å². The van der Waals surface area contributed by atoms with Crippen LogP contribution in [0.3, 0.4) is 0 Å². The lowest BCUT2D eigenvalue weighted by molar-refractivity contribution is -0.120. The van der Waals surface area contributed by atoms with Crippen LogP contribution in [-0.2, 0) is 10.2 Å². The molecule has 1 aliphatic rings. The molecule has 0 spiro atoms. The molecule has 1 N–H and O–H groups in total. The highest BCUT2D eigenvalue weighted by molar-refractivity contribution is 5.98. The molecular formula is C19H18N2O3. The zero-order valence-corrected chi connectivity index (χ0v) is 13.6. The molecule has 2 aromatic carbocycles. The number of rotatable bonds is 3. The maximum atomic E-state index is 12.7. The van der Waals surface area contributed by atoms with Crippen molar-refractivity contribution in [1.82, 2.24) is 0 Å². The van der Waals surface area contributed by atoms with E-state index < -0.39 is 5.41 Å².